The molecule has 1 aromatic carbocycles. The number of carbonyl (C=O) groups excluding carboxylic acids is 1. The summed E-state index contributed by atoms with van der Waals surface area (Å²) in [6.45, 7) is 1.85. The number of nitrogens with one attached hydrogen (secondary N) is 1. The van der Waals surface area contributed by atoms with E-state index in [0.717, 1.165) is 5.56 Å². The molecule has 3 fully saturated rings. The highest BCUT2D eigenvalue weighted by atomic mass is 32.2. The van der Waals surface area contributed by atoms with Gasteiger partial charge in [-0.15, -0.1) is 0 Å². The van der Waals surface area contributed by atoms with Crippen molar-refractivity contribution in [1.29, 1.82) is 0 Å². The molecule has 3 aromatic rings. The van der Waals surface area contributed by atoms with Gasteiger partial charge in [-0.3, -0.25) is 4.79 Å². The van der Waals surface area contributed by atoms with Crippen molar-refractivity contribution in [3.63, 3.8) is 0 Å². The summed E-state index contributed by atoms with van der Waals surface area (Å²) in [6.07, 6.45) is 5.66. The number of aryl methyl sites for hydroxylation is 1. The van der Waals surface area contributed by atoms with Crippen molar-refractivity contribution in [2.24, 2.45) is 5.41 Å². The maximum Gasteiger partial charge on any atom is 0.312 e. The van der Waals surface area contributed by atoms with E-state index in [2.05, 4.69) is 24.8 Å². The maximum atomic E-state index is 13.1. The minimum atomic E-state index is -3.81. The van der Waals surface area contributed by atoms with Crippen LogP contribution in [0.2, 0.25) is 0 Å². The van der Waals surface area contributed by atoms with Crippen LogP contribution in [0.4, 0.5) is 5.82 Å². The second-order valence-electron chi connectivity index (χ2n) is 8.47. The lowest BCUT2D eigenvalue weighted by Gasteiger charge is -2.68. The molecule has 0 amide bonds. The molecule has 0 unspecified atom stereocenters. The van der Waals surface area contributed by atoms with Gasteiger partial charge in [0.05, 0.1) is 29.3 Å². The first-order valence-corrected chi connectivity index (χ1v) is 11.4. The Morgan fingerprint density at radius 3 is 2.69 bits per heavy atom. The van der Waals surface area contributed by atoms with E-state index in [1.165, 1.54) is 30.6 Å². The fraction of sp³-hybridized carbons (Fsp3) is 0.350. The summed E-state index contributed by atoms with van der Waals surface area (Å²) in [5, 5.41) is 4.03. The molecule has 0 atom stereocenters. The van der Waals surface area contributed by atoms with E-state index in [0.29, 0.717) is 36.3 Å². The Hall–Kier alpha value is -3.38. The standard InChI is InChI=1S/C20H21N7O4S/c1-12-3-4-13(32(29,30)26-20-7-19(8-20,9-20)18(28)31-2)5-14(12)15-6-23-16(21)17(25-15)27-11-22-10-24-27/h3-6,10-11,26H,7-9H2,1-2H3,(H2,21,23). The Morgan fingerprint density at radius 2 is 2.03 bits per heavy atom. The molecule has 12 heteroatoms. The number of sulfonamides is 1. The normalized spacial score (nSPS) is 23.8. The number of benzene rings is 1. The number of nitrogens with two attached hydrogens (primary N) is 1. The molecule has 0 aliphatic heterocycles. The largest absolute Gasteiger partial charge is 0.469 e. The number of hydrogen-bond acceptors (Lipinski definition) is 9. The van der Waals surface area contributed by atoms with Crippen LogP contribution in [0.3, 0.4) is 0 Å². The third-order valence-corrected chi connectivity index (χ3v) is 7.79. The molecule has 2 aromatic heterocycles. The van der Waals surface area contributed by atoms with Crippen molar-refractivity contribution in [2.45, 2.75) is 36.6 Å². The molecular formula is C20H21N7O4S. The zero-order valence-corrected chi connectivity index (χ0v) is 18.3. The molecule has 32 heavy (non-hydrogen) atoms. The predicted octanol–water partition coefficient (Wildman–Crippen LogP) is 0.989. The summed E-state index contributed by atoms with van der Waals surface area (Å²) in [7, 11) is -2.46. The summed E-state index contributed by atoms with van der Waals surface area (Å²) in [6, 6.07) is 4.82. The van der Waals surface area contributed by atoms with Crippen LogP contribution in [0.25, 0.3) is 17.1 Å². The van der Waals surface area contributed by atoms with E-state index in [9.17, 15) is 13.2 Å². The van der Waals surface area contributed by atoms with Crippen LogP contribution in [0.5, 0.6) is 0 Å². The van der Waals surface area contributed by atoms with Crippen molar-refractivity contribution < 1.29 is 17.9 Å². The van der Waals surface area contributed by atoms with Gasteiger partial charge >= 0.3 is 5.97 Å². The highest BCUT2D eigenvalue weighted by molar-refractivity contribution is 7.89. The molecule has 3 aliphatic carbocycles. The van der Waals surface area contributed by atoms with Gasteiger partial charge in [0.15, 0.2) is 11.6 Å². The van der Waals surface area contributed by atoms with Crippen LogP contribution in [0, 0.1) is 12.3 Å². The summed E-state index contributed by atoms with van der Waals surface area (Å²) in [4.78, 5) is 24.6. The molecule has 3 N–H and O–H groups in total. The van der Waals surface area contributed by atoms with E-state index in [1.807, 2.05) is 6.92 Å². The van der Waals surface area contributed by atoms with E-state index in [-0.39, 0.29) is 16.7 Å². The van der Waals surface area contributed by atoms with Crippen LogP contribution in [0.1, 0.15) is 24.8 Å². The number of rotatable bonds is 6. The quantitative estimate of drug-likeness (QED) is 0.518. The van der Waals surface area contributed by atoms with Crippen molar-refractivity contribution >= 4 is 21.8 Å². The fourth-order valence-electron chi connectivity index (χ4n) is 4.72. The number of hydrogen-bond donors (Lipinski definition) is 2. The molecule has 0 saturated heterocycles. The van der Waals surface area contributed by atoms with Crippen molar-refractivity contribution in [3.05, 3.63) is 42.6 Å². The Labute approximate surface area is 184 Å². The number of esters is 1. The number of nitrogen functional groups attached to an aromatic ring is 1. The van der Waals surface area contributed by atoms with Crippen LogP contribution >= 0.6 is 0 Å². The summed E-state index contributed by atoms with van der Waals surface area (Å²) < 4.78 is 35.2. The summed E-state index contributed by atoms with van der Waals surface area (Å²) >= 11 is 0. The van der Waals surface area contributed by atoms with Gasteiger partial charge in [0.25, 0.3) is 0 Å². The first kappa shape index (κ1) is 20.5. The van der Waals surface area contributed by atoms with Crippen LogP contribution < -0.4 is 10.5 Å². The first-order valence-electron chi connectivity index (χ1n) is 9.88. The molecule has 0 radical (unpaired) electrons. The highest BCUT2D eigenvalue weighted by Gasteiger charge is 2.73. The highest BCUT2D eigenvalue weighted by Crippen LogP contribution is 2.68. The maximum absolute atomic E-state index is 13.1. The van der Waals surface area contributed by atoms with Gasteiger partial charge in [-0.05, 0) is 43.9 Å². The topological polar surface area (TPSA) is 155 Å². The van der Waals surface area contributed by atoms with Crippen LogP contribution in [0.15, 0.2) is 41.9 Å². The number of aromatic nitrogens is 5. The molecule has 11 nitrogen and oxygen atoms in total. The predicted molar refractivity (Wildman–Crippen MR) is 113 cm³/mol. The minimum absolute atomic E-state index is 0.107. The molecular weight excluding hydrogens is 434 g/mol. The Morgan fingerprint density at radius 1 is 1.28 bits per heavy atom. The lowest BCUT2D eigenvalue weighted by atomic mass is 9.40. The molecule has 166 valence electrons. The van der Waals surface area contributed by atoms with Crippen molar-refractivity contribution in [1.82, 2.24) is 29.5 Å². The Balaban J connectivity index is 1.44. The second-order valence-corrected chi connectivity index (χ2v) is 10.2. The third-order valence-electron chi connectivity index (χ3n) is 6.21. The van der Waals surface area contributed by atoms with Gasteiger partial charge in [-0.2, -0.15) is 9.78 Å². The van der Waals surface area contributed by atoms with Gasteiger partial charge in [-0.1, -0.05) is 6.07 Å². The van der Waals surface area contributed by atoms with Crippen molar-refractivity contribution in [3.8, 4) is 17.1 Å². The Bertz CT molecular complexity index is 1320. The second kappa shape index (κ2) is 6.81. The van der Waals surface area contributed by atoms with Crippen LogP contribution in [-0.4, -0.2) is 51.8 Å². The van der Waals surface area contributed by atoms with E-state index in [4.69, 9.17) is 10.5 Å². The zero-order valence-electron chi connectivity index (χ0n) is 17.4. The molecule has 3 saturated carbocycles. The molecule has 0 spiro atoms. The van der Waals surface area contributed by atoms with Gasteiger partial charge in [0.1, 0.15) is 12.7 Å². The summed E-state index contributed by atoms with van der Waals surface area (Å²) in [5.74, 6) is 0.194. The lowest BCUT2D eigenvalue weighted by Crippen LogP contribution is -2.77. The van der Waals surface area contributed by atoms with Gasteiger partial charge in [0.2, 0.25) is 10.0 Å². The number of carbonyl (C=O) groups is 1. The number of methoxy groups -OCH3 is 1. The Kier molecular flexibility index (Phi) is 4.37. The van der Waals surface area contributed by atoms with Gasteiger partial charge in [0, 0.05) is 11.1 Å². The van der Waals surface area contributed by atoms with Crippen molar-refractivity contribution in [2.75, 3.05) is 12.8 Å². The van der Waals surface area contributed by atoms with Gasteiger partial charge in [-0.25, -0.2) is 28.1 Å². The van der Waals surface area contributed by atoms with E-state index in [1.54, 1.807) is 18.2 Å². The average molecular weight is 456 g/mol. The van der Waals surface area contributed by atoms with Gasteiger partial charge < -0.3 is 10.5 Å². The van der Waals surface area contributed by atoms with E-state index < -0.39 is 21.0 Å². The molecule has 6 rings (SSSR count). The smallest absolute Gasteiger partial charge is 0.312 e. The number of anilines is 1. The fourth-order valence-corrected chi connectivity index (χ4v) is 6.15. The lowest BCUT2D eigenvalue weighted by molar-refractivity contribution is -0.197. The zero-order chi connectivity index (χ0) is 22.7. The summed E-state index contributed by atoms with van der Waals surface area (Å²) in [5.41, 5.74) is 6.69. The first-order chi connectivity index (χ1) is 15.2. The average Bonchev–Trinajstić information content (AvgIpc) is 3.24. The SMILES string of the molecule is COC(=O)C12CC(NS(=O)(=O)c3ccc(C)c(-c4cnc(N)c(-n5cncn5)n4)c3)(C1)C2. The van der Waals surface area contributed by atoms with E-state index >= 15 is 0 Å². The molecule has 2 heterocycles. The molecule has 2 bridgehead atoms. The monoisotopic (exact) mass is 455 g/mol. The number of nitrogens with zero attached hydrogens (tertiary/aromatic N) is 5. The molecule has 3 aliphatic rings. The van der Waals surface area contributed by atoms with Crippen LogP contribution in [-0.2, 0) is 19.6 Å². The number of ether oxygens (including phenoxy) is 1. The minimum Gasteiger partial charge on any atom is -0.469 e. The third kappa shape index (κ3) is 3.06.